The average molecular weight is 234 g/mol. The Morgan fingerprint density at radius 3 is 2.18 bits per heavy atom. The van der Waals surface area contributed by atoms with Crippen molar-refractivity contribution in [1.29, 1.82) is 0 Å². The molecule has 94 valence electrons. The minimum atomic E-state index is 0.0185. The number of rotatable bonds is 0. The predicted octanol–water partition coefficient (Wildman–Crippen LogP) is 2.31. The molecule has 1 aliphatic heterocycles. The van der Waals surface area contributed by atoms with Crippen molar-refractivity contribution < 1.29 is 4.68 Å². The van der Waals surface area contributed by atoms with Gasteiger partial charge in [0.2, 0.25) is 11.5 Å². The second-order valence-corrected chi connectivity index (χ2v) is 7.06. The first-order chi connectivity index (χ1) is 7.69. The van der Waals surface area contributed by atoms with E-state index in [1.807, 2.05) is 0 Å². The van der Waals surface area contributed by atoms with Gasteiger partial charge in [-0.05, 0) is 0 Å². The summed E-state index contributed by atoms with van der Waals surface area (Å²) in [5.74, 6) is 0.966. The lowest BCUT2D eigenvalue weighted by Crippen LogP contribution is -2.44. The highest BCUT2D eigenvalue weighted by atomic mass is 15.3. The molecule has 3 nitrogen and oxygen atoms in total. The summed E-state index contributed by atoms with van der Waals surface area (Å²) in [5.41, 5.74) is 2.69. The summed E-state index contributed by atoms with van der Waals surface area (Å²) >= 11 is 0. The van der Waals surface area contributed by atoms with Gasteiger partial charge < -0.3 is 0 Å². The fourth-order valence-corrected chi connectivity index (χ4v) is 2.24. The van der Waals surface area contributed by atoms with Crippen LogP contribution in [0.15, 0.2) is 0 Å². The van der Waals surface area contributed by atoms with Crippen molar-refractivity contribution in [3.63, 3.8) is 0 Å². The van der Waals surface area contributed by atoms with E-state index in [1.165, 1.54) is 17.8 Å². The topological polar surface area (TPSA) is 29.7 Å². The van der Waals surface area contributed by atoms with Crippen LogP contribution in [-0.2, 0) is 23.8 Å². The van der Waals surface area contributed by atoms with Crippen molar-refractivity contribution >= 4 is 0 Å². The molecule has 17 heavy (non-hydrogen) atoms. The third kappa shape index (κ3) is 2.33. The van der Waals surface area contributed by atoms with E-state index in [0.717, 1.165) is 18.8 Å². The third-order valence-electron chi connectivity index (χ3n) is 3.18. The second-order valence-electron chi connectivity index (χ2n) is 7.06. The molecule has 0 amide bonds. The minimum Gasteiger partial charge on any atom is -0.225 e. The fourth-order valence-electron chi connectivity index (χ4n) is 2.24. The Morgan fingerprint density at radius 2 is 1.65 bits per heavy atom. The molecule has 0 saturated heterocycles. The third-order valence-corrected chi connectivity index (χ3v) is 3.18. The van der Waals surface area contributed by atoms with Gasteiger partial charge in [0.05, 0.1) is 0 Å². The second kappa shape index (κ2) is 3.76. The van der Waals surface area contributed by atoms with Crippen molar-refractivity contribution in [1.82, 2.24) is 10.1 Å². The van der Waals surface area contributed by atoms with Gasteiger partial charge in [0.25, 0.3) is 0 Å². The van der Waals surface area contributed by atoms with E-state index in [9.17, 15) is 0 Å². The molecule has 1 aliphatic rings. The predicted molar refractivity (Wildman–Crippen MR) is 67.9 cm³/mol. The lowest BCUT2D eigenvalue weighted by molar-refractivity contribution is -0.750. The summed E-state index contributed by atoms with van der Waals surface area (Å²) < 4.78 is 2.17. The molecule has 0 unspecified atom stereocenters. The van der Waals surface area contributed by atoms with Crippen LogP contribution in [0, 0.1) is 0 Å². The molecule has 0 radical (unpaired) electrons. The zero-order valence-corrected chi connectivity index (χ0v) is 12.0. The largest absolute Gasteiger partial charge is 0.230 e. The molecule has 0 saturated carbocycles. The molecule has 0 N–H and O–H groups in total. The van der Waals surface area contributed by atoms with Crippen LogP contribution in [0.5, 0.6) is 0 Å². The van der Waals surface area contributed by atoms with Crippen LogP contribution < -0.4 is 4.68 Å². The van der Waals surface area contributed by atoms with Gasteiger partial charge in [0.1, 0.15) is 5.69 Å². The summed E-state index contributed by atoms with van der Waals surface area (Å²) in [4.78, 5) is 4.85. The number of fused-ring (bicyclic) bond motifs is 1. The van der Waals surface area contributed by atoms with Crippen molar-refractivity contribution in [3.05, 3.63) is 17.2 Å². The van der Waals surface area contributed by atoms with Gasteiger partial charge >= 0.3 is 0 Å². The lowest BCUT2D eigenvalue weighted by atomic mass is 9.88. The van der Waals surface area contributed by atoms with E-state index < -0.39 is 0 Å². The number of hydrogen-bond acceptors (Lipinski definition) is 2. The normalized spacial score (nSPS) is 16.1. The SMILES string of the molecule is CC(C)(C)c1nc(C(C)(C)C)c2[n+](n1)CCC2. The molecule has 0 atom stereocenters. The molecule has 1 aromatic heterocycles. The summed E-state index contributed by atoms with van der Waals surface area (Å²) in [5, 5.41) is 4.70. The van der Waals surface area contributed by atoms with Gasteiger partial charge in [0, 0.05) is 28.8 Å². The average Bonchev–Trinajstić information content (AvgIpc) is 2.59. The molecular formula is C14H24N3+. The van der Waals surface area contributed by atoms with Crippen molar-refractivity contribution in [2.75, 3.05) is 0 Å². The molecule has 0 spiro atoms. The van der Waals surface area contributed by atoms with E-state index in [-0.39, 0.29) is 10.8 Å². The standard InChI is InChI=1S/C14H24N3/c1-13(2,3)11-10-8-7-9-17(10)16-12(15-11)14(4,5)6/h7-9H2,1-6H3/q+1. The van der Waals surface area contributed by atoms with Gasteiger partial charge in [0.15, 0.2) is 6.54 Å². The zero-order valence-electron chi connectivity index (χ0n) is 12.0. The molecule has 2 heterocycles. The maximum atomic E-state index is 4.85. The van der Waals surface area contributed by atoms with E-state index in [1.54, 1.807) is 0 Å². The van der Waals surface area contributed by atoms with E-state index in [0.29, 0.717) is 0 Å². The molecule has 0 aliphatic carbocycles. The van der Waals surface area contributed by atoms with Gasteiger partial charge in [-0.15, -0.1) is 0 Å². The van der Waals surface area contributed by atoms with Gasteiger partial charge in [-0.1, -0.05) is 46.2 Å². The van der Waals surface area contributed by atoms with Crippen molar-refractivity contribution in [3.8, 4) is 0 Å². The van der Waals surface area contributed by atoms with Crippen LogP contribution in [0.1, 0.15) is 65.2 Å². The summed E-state index contributed by atoms with van der Waals surface area (Å²) in [6, 6.07) is 0. The highest BCUT2D eigenvalue weighted by molar-refractivity contribution is 5.18. The van der Waals surface area contributed by atoms with Gasteiger partial charge in [-0.25, -0.2) is 4.98 Å². The lowest BCUT2D eigenvalue weighted by Gasteiger charge is -2.21. The fraction of sp³-hybridized carbons (Fsp3) is 0.786. The molecular weight excluding hydrogens is 210 g/mol. The number of hydrogen-bond donors (Lipinski definition) is 0. The smallest absolute Gasteiger partial charge is 0.225 e. The zero-order chi connectivity index (χ0) is 12.8. The number of aryl methyl sites for hydroxylation is 1. The van der Waals surface area contributed by atoms with Crippen LogP contribution in [-0.4, -0.2) is 10.1 Å². The Labute approximate surface area is 104 Å². The van der Waals surface area contributed by atoms with Gasteiger partial charge in [-0.2, -0.15) is 0 Å². The summed E-state index contributed by atoms with van der Waals surface area (Å²) in [6.07, 6.45) is 2.32. The monoisotopic (exact) mass is 234 g/mol. The highest BCUT2D eigenvalue weighted by Crippen LogP contribution is 2.27. The molecule has 0 bridgehead atoms. The van der Waals surface area contributed by atoms with Crippen molar-refractivity contribution in [2.45, 2.75) is 71.8 Å². The van der Waals surface area contributed by atoms with Crippen LogP contribution in [0.25, 0.3) is 0 Å². The Hall–Kier alpha value is -0.990. The van der Waals surface area contributed by atoms with Crippen LogP contribution in [0.2, 0.25) is 0 Å². The van der Waals surface area contributed by atoms with Crippen molar-refractivity contribution in [2.24, 2.45) is 0 Å². The first-order valence-electron chi connectivity index (χ1n) is 6.51. The molecule has 1 aromatic rings. The van der Waals surface area contributed by atoms with Crippen LogP contribution in [0.3, 0.4) is 0 Å². The first-order valence-corrected chi connectivity index (χ1v) is 6.51. The molecule has 2 rings (SSSR count). The van der Waals surface area contributed by atoms with E-state index >= 15 is 0 Å². The minimum absolute atomic E-state index is 0.0185. The van der Waals surface area contributed by atoms with Gasteiger partial charge in [-0.3, -0.25) is 0 Å². The quantitative estimate of drug-likeness (QED) is 0.645. The van der Waals surface area contributed by atoms with E-state index in [4.69, 9.17) is 10.1 Å². The summed E-state index contributed by atoms with van der Waals surface area (Å²) in [6.45, 7) is 14.3. The Bertz CT molecular complexity index is 436. The Morgan fingerprint density at radius 1 is 1.00 bits per heavy atom. The van der Waals surface area contributed by atoms with Crippen LogP contribution >= 0.6 is 0 Å². The van der Waals surface area contributed by atoms with Crippen LogP contribution in [0.4, 0.5) is 0 Å². The summed E-state index contributed by atoms with van der Waals surface area (Å²) in [7, 11) is 0. The number of nitrogens with zero attached hydrogens (tertiary/aromatic N) is 3. The Balaban J connectivity index is 2.62. The molecule has 0 aromatic carbocycles. The Kier molecular flexibility index (Phi) is 2.75. The molecule has 0 fully saturated rings. The maximum absolute atomic E-state index is 4.85. The maximum Gasteiger partial charge on any atom is 0.230 e. The van der Waals surface area contributed by atoms with E-state index in [2.05, 4.69) is 46.2 Å². The molecule has 3 heteroatoms. The first kappa shape index (κ1) is 12.5. The highest BCUT2D eigenvalue weighted by Gasteiger charge is 2.35. The number of aromatic nitrogens is 3.